The summed E-state index contributed by atoms with van der Waals surface area (Å²) in [5, 5.41) is 0. The second kappa shape index (κ2) is 3.44. The third kappa shape index (κ3) is 1.22. The Bertz CT molecular complexity index is 284. The molecule has 0 aromatic carbocycles. The summed E-state index contributed by atoms with van der Waals surface area (Å²) in [5.74, 6) is 0.276. The van der Waals surface area contributed by atoms with Crippen molar-refractivity contribution in [3.63, 3.8) is 0 Å². The van der Waals surface area contributed by atoms with Crippen LogP contribution >= 0.6 is 0 Å². The van der Waals surface area contributed by atoms with Crippen LogP contribution in [-0.4, -0.2) is 25.2 Å². The first-order valence-corrected chi connectivity index (χ1v) is 4.49. The topological polar surface area (TPSA) is 52.6 Å². The molecule has 1 fully saturated rings. The fourth-order valence-electron chi connectivity index (χ4n) is 2.44. The third-order valence-electron chi connectivity index (χ3n) is 3.00. The minimum absolute atomic E-state index is 0.121. The van der Waals surface area contributed by atoms with Crippen LogP contribution in [0.3, 0.4) is 0 Å². The number of hydrogen-bond donors (Lipinski definition) is 0. The van der Waals surface area contributed by atoms with E-state index in [2.05, 4.69) is 6.92 Å². The fraction of sp³-hybridized carbons (Fsp3) is 0.500. The van der Waals surface area contributed by atoms with Crippen LogP contribution in [0.4, 0.5) is 0 Å². The Morgan fingerprint density at radius 1 is 1.29 bits per heavy atom. The first kappa shape index (κ1) is 9.24. The molecule has 0 aromatic heterocycles. The Morgan fingerprint density at radius 2 is 1.93 bits per heavy atom. The average Bonchev–Trinajstić information content (AvgIpc) is 2.66. The molecule has 0 amide bonds. The molecule has 0 spiro atoms. The van der Waals surface area contributed by atoms with Crippen LogP contribution < -0.4 is 0 Å². The standard InChI is InChI=1S/C10H11O4/c1-6-2-7-3-8(6)10(14-5-12)9(7)13-4-11/h2,4-5,7-10H,1,3H2. The zero-order valence-electron chi connectivity index (χ0n) is 7.59. The molecule has 4 nitrogen and oxygen atoms in total. The van der Waals surface area contributed by atoms with Gasteiger partial charge in [0.15, 0.2) is 0 Å². The lowest BCUT2D eigenvalue weighted by Crippen LogP contribution is -2.36. The molecule has 2 rings (SSSR count). The highest BCUT2D eigenvalue weighted by Crippen LogP contribution is 2.46. The van der Waals surface area contributed by atoms with Gasteiger partial charge in [-0.05, 0) is 13.3 Å². The van der Waals surface area contributed by atoms with Gasteiger partial charge in [0.05, 0.1) is 0 Å². The number of carbonyl (C=O) groups is 2. The van der Waals surface area contributed by atoms with Gasteiger partial charge in [-0.2, -0.15) is 0 Å². The third-order valence-corrected chi connectivity index (χ3v) is 3.00. The van der Waals surface area contributed by atoms with Gasteiger partial charge in [-0.25, -0.2) is 0 Å². The fourth-order valence-corrected chi connectivity index (χ4v) is 2.44. The van der Waals surface area contributed by atoms with E-state index in [0.717, 1.165) is 12.0 Å². The maximum Gasteiger partial charge on any atom is 0.293 e. The van der Waals surface area contributed by atoms with Crippen LogP contribution in [0.25, 0.3) is 0 Å². The highest BCUT2D eigenvalue weighted by molar-refractivity contribution is 5.42. The first-order valence-electron chi connectivity index (χ1n) is 4.49. The van der Waals surface area contributed by atoms with Crippen LogP contribution in [0, 0.1) is 18.8 Å². The van der Waals surface area contributed by atoms with Gasteiger partial charge < -0.3 is 9.47 Å². The monoisotopic (exact) mass is 195 g/mol. The van der Waals surface area contributed by atoms with E-state index in [-0.39, 0.29) is 24.0 Å². The number of ether oxygens (including phenoxy) is 2. The van der Waals surface area contributed by atoms with E-state index in [1.807, 2.05) is 6.08 Å². The van der Waals surface area contributed by atoms with Crippen LogP contribution in [0.2, 0.25) is 0 Å². The highest BCUT2D eigenvalue weighted by Gasteiger charge is 2.50. The van der Waals surface area contributed by atoms with E-state index in [9.17, 15) is 9.59 Å². The van der Waals surface area contributed by atoms with Crippen LogP contribution in [0.15, 0.2) is 11.6 Å². The van der Waals surface area contributed by atoms with Crippen LogP contribution in [0.5, 0.6) is 0 Å². The molecule has 0 heterocycles. The molecule has 2 aliphatic carbocycles. The Hall–Kier alpha value is -1.32. The number of hydrogen-bond acceptors (Lipinski definition) is 4. The van der Waals surface area contributed by atoms with Gasteiger partial charge in [0.1, 0.15) is 12.2 Å². The highest BCUT2D eigenvalue weighted by atomic mass is 16.6. The van der Waals surface area contributed by atoms with Gasteiger partial charge >= 0.3 is 0 Å². The van der Waals surface area contributed by atoms with Crippen LogP contribution in [0.1, 0.15) is 6.42 Å². The molecule has 4 atom stereocenters. The maximum atomic E-state index is 10.3. The van der Waals surface area contributed by atoms with Crippen molar-refractivity contribution in [1.82, 2.24) is 0 Å². The molecule has 2 bridgehead atoms. The lowest BCUT2D eigenvalue weighted by molar-refractivity contribution is -0.152. The molecule has 0 aromatic rings. The van der Waals surface area contributed by atoms with E-state index in [1.165, 1.54) is 0 Å². The van der Waals surface area contributed by atoms with Crippen molar-refractivity contribution in [2.45, 2.75) is 18.6 Å². The summed E-state index contributed by atoms with van der Waals surface area (Å²) >= 11 is 0. The van der Waals surface area contributed by atoms with Gasteiger partial charge in [-0.1, -0.05) is 11.6 Å². The first-order chi connectivity index (χ1) is 6.77. The summed E-state index contributed by atoms with van der Waals surface area (Å²) in [6.07, 6.45) is 2.17. The molecular weight excluding hydrogens is 184 g/mol. The lowest BCUT2D eigenvalue weighted by atomic mass is 9.95. The Balaban J connectivity index is 2.16. The average molecular weight is 195 g/mol. The molecule has 14 heavy (non-hydrogen) atoms. The smallest absolute Gasteiger partial charge is 0.293 e. The summed E-state index contributed by atoms with van der Waals surface area (Å²) in [6.45, 7) is 4.68. The zero-order valence-corrected chi connectivity index (χ0v) is 7.59. The molecule has 0 N–H and O–H groups in total. The summed E-state index contributed by atoms with van der Waals surface area (Å²) in [6, 6.07) is 0. The molecule has 1 saturated carbocycles. The van der Waals surface area contributed by atoms with Gasteiger partial charge in [-0.15, -0.1) is 0 Å². The Kier molecular flexibility index (Phi) is 2.27. The second-order valence-corrected chi connectivity index (χ2v) is 3.64. The molecule has 4 unspecified atom stereocenters. The molecule has 0 saturated heterocycles. The minimum atomic E-state index is -0.347. The van der Waals surface area contributed by atoms with E-state index in [0.29, 0.717) is 12.9 Å². The van der Waals surface area contributed by atoms with Gasteiger partial charge in [-0.3, -0.25) is 9.59 Å². The Labute approximate surface area is 81.9 Å². The van der Waals surface area contributed by atoms with Crippen molar-refractivity contribution in [3.8, 4) is 0 Å². The van der Waals surface area contributed by atoms with Crippen molar-refractivity contribution in [1.29, 1.82) is 0 Å². The van der Waals surface area contributed by atoms with E-state index >= 15 is 0 Å². The second-order valence-electron chi connectivity index (χ2n) is 3.64. The van der Waals surface area contributed by atoms with Crippen molar-refractivity contribution >= 4 is 12.9 Å². The molecule has 4 heteroatoms. The zero-order chi connectivity index (χ0) is 10.1. The summed E-state index contributed by atoms with van der Waals surface area (Å²) in [4.78, 5) is 20.6. The summed E-state index contributed by atoms with van der Waals surface area (Å²) in [7, 11) is 0. The largest absolute Gasteiger partial charge is 0.460 e. The van der Waals surface area contributed by atoms with Crippen molar-refractivity contribution in [3.05, 3.63) is 18.6 Å². The molecule has 75 valence electrons. The van der Waals surface area contributed by atoms with Crippen molar-refractivity contribution in [2.75, 3.05) is 0 Å². The maximum absolute atomic E-state index is 10.3. The predicted molar refractivity (Wildman–Crippen MR) is 46.9 cm³/mol. The number of fused-ring (bicyclic) bond motifs is 2. The normalized spacial score (nSPS) is 39.1. The quantitative estimate of drug-likeness (QED) is 0.612. The molecular formula is C10H11O4. The van der Waals surface area contributed by atoms with Gasteiger partial charge in [0.25, 0.3) is 12.9 Å². The van der Waals surface area contributed by atoms with Crippen molar-refractivity contribution in [2.24, 2.45) is 11.8 Å². The van der Waals surface area contributed by atoms with Gasteiger partial charge in [0, 0.05) is 11.8 Å². The predicted octanol–water partition coefficient (Wildman–Crippen LogP) is 0.480. The Morgan fingerprint density at radius 3 is 2.57 bits per heavy atom. The molecule has 0 aliphatic heterocycles. The minimum Gasteiger partial charge on any atom is -0.460 e. The molecule has 2 aliphatic rings. The number of rotatable bonds is 4. The summed E-state index contributed by atoms with van der Waals surface area (Å²) < 4.78 is 9.84. The SMILES string of the molecule is [CH2]C1=CC2CC1C(OC=O)C2OC=O. The number of carbonyl (C=O) groups excluding carboxylic acids is 2. The molecule has 1 radical (unpaired) electrons. The lowest BCUT2D eigenvalue weighted by Gasteiger charge is -2.26. The van der Waals surface area contributed by atoms with E-state index in [1.54, 1.807) is 0 Å². The van der Waals surface area contributed by atoms with E-state index < -0.39 is 0 Å². The van der Waals surface area contributed by atoms with Gasteiger partial charge in [0.2, 0.25) is 0 Å². The van der Waals surface area contributed by atoms with E-state index in [4.69, 9.17) is 9.47 Å². The van der Waals surface area contributed by atoms with Crippen LogP contribution in [-0.2, 0) is 19.1 Å². The summed E-state index contributed by atoms with van der Waals surface area (Å²) in [5.41, 5.74) is 0.979. The van der Waals surface area contributed by atoms with Crippen molar-refractivity contribution < 1.29 is 19.1 Å².